The molecule has 2 aromatic rings. The van der Waals surface area contributed by atoms with Gasteiger partial charge in [0.15, 0.2) is 0 Å². The quantitative estimate of drug-likeness (QED) is 0.838. The van der Waals surface area contributed by atoms with Crippen molar-refractivity contribution in [2.24, 2.45) is 0 Å². The van der Waals surface area contributed by atoms with Crippen molar-refractivity contribution in [2.45, 2.75) is 12.8 Å². The van der Waals surface area contributed by atoms with E-state index < -0.39 is 10.2 Å². The van der Waals surface area contributed by atoms with Gasteiger partial charge in [0.1, 0.15) is 12.1 Å². The van der Waals surface area contributed by atoms with Crippen molar-refractivity contribution >= 4 is 10.2 Å². The molecule has 0 aliphatic heterocycles. The van der Waals surface area contributed by atoms with E-state index in [0.717, 1.165) is 4.31 Å². The zero-order valence-electron chi connectivity index (χ0n) is 10.4. The third-order valence-electron chi connectivity index (χ3n) is 2.76. The summed E-state index contributed by atoms with van der Waals surface area (Å²) in [5.74, 6) is 0.517. The highest BCUT2D eigenvalue weighted by Gasteiger charge is 2.24. The maximum atomic E-state index is 12.1. The molecule has 1 atom stereocenters. The Bertz CT molecular complexity index is 614. The van der Waals surface area contributed by atoms with E-state index in [4.69, 9.17) is 4.42 Å². The molecule has 0 aliphatic carbocycles. The van der Waals surface area contributed by atoms with E-state index in [9.17, 15) is 8.42 Å². The van der Waals surface area contributed by atoms with Crippen molar-refractivity contribution in [2.75, 3.05) is 14.1 Å². The van der Waals surface area contributed by atoms with Gasteiger partial charge >= 0.3 is 10.2 Å². The van der Waals surface area contributed by atoms with Gasteiger partial charge in [-0.1, -0.05) is 0 Å². The van der Waals surface area contributed by atoms with Crippen LogP contribution in [0.3, 0.4) is 0 Å². The number of aromatic nitrogens is 2. The number of nitrogens with zero attached hydrogens (tertiary/aromatic N) is 3. The molecular weight excluding hydrogens is 254 g/mol. The van der Waals surface area contributed by atoms with E-state index in [1.165, 1.54) is 30.6 Å². The molecule has 0 spiro atoms. The average Bonchev–Trinajstić information content (AvgIpc) is 2.99. The Kier molecular flexibility index (Phi) is 3.27. The smallest absolute Gasteiger partial charge is 0.308 e. The molecule has 18 heavy (non-hydrogen) atoms. The van der Waals surface area contributed by atoms with Gasteiger partial charge in [0.05, 0.1) is 24.1 Å². The highest BCUT2D eigenvalue weighted by molar-refractivity contribution is 7.87. The number of imidazole rings is 1. The van der Waals surface area contributed by atoms with E-state index in [1.54, 1.807) is 12.3 Å². The van der Waals surface area contributed by atoms with E-state index in [1.807, 2.05) is 13.0 Å². The predicted molar refractivity (Wildman–Crippen MR) is 66.5 cm³/mol. The first-order valence-electron chi connectivity index (χ1n) is 5.43. The van der Waals surface area contributed by atoms with Gasteiger partial charge in [-0.25, -0.2) is 8.96 Å². The Hall–Kier alpha value is -1.60. The third-order valence-corrected chi connectivity index (χ3v) is 4.48. The maximum absolute atomic E-state index is 12.1. The first kappa shape index (κ1) is 12.8. The fourth-order valence-corrected chi connectivity index (χ4v) is 2.65. The molecule has 0 amide bonds. The van der Waals surface area contributed by atoms with Crippen LogP contribution in [-0.2, 0) is 10.2 Å². The Labute approximate surface area is 106 Å². The highest BCUT2D eigenvalue weighted by atomic mass is 32.2. The van der Waals surface area contributed by atoms with Crippen LogP contribution in [0.2, 0.25) is 0 Å². The fourth-order valence-electron chi connectivity index (χ4n) is 1.65. The summed E-state index contributed by atoms with van der Waals surface area (Å²) in [7, 11) is -0.589. The lowest BCUT2D eigenvalue weighted by Gasteiger charge is -2.16. The van der Waals surface area contributed by atoms with Crippen molar-refractivity contribution in [1.82, 2.24) is 13.3 Å². The predicted octanol–water partition coefficient (Wildman–Crippen LogP) is 1.28. The van der Waals surface area contributed by atoms with Gasteiger partial charge in [0.2, 0.25) is 0 Å². The SMILES string of the molecule is CC(c1ccco1)c1cncn1S(=O)(=O)N(C)C. The number of rotatable bonds is 4. The lowest BCUT2D eigenvalue weighted by Crippen LogP contribution is -2.30. The van der Waals surface area contributed by atoms with Gasteiger partial charge in [-0.2, -0.15) is 12.7 Å². The molecule has 0 N–H and O–H groups in total. The number of hydrogen-bond acceptors (Lipinski definition) is 4. The van der Waals surface area contributed by atoms with Crippen LogP contribution in [-0.4, -0.2) is 35.8 Å². The summed E-state index contributed by atoms with van der Waals surface area (Å²) < 4.78 is 31.8. The Morgan fingerprint density at radius 3 is 2.72 bits per heavy atom. The molecule has 0 radical (unpaired) electrons. The normalized spacial score (nSPS) is 14.0. The summed E-state index contributed by atoms with van der Waals surface area (Å²) in [5.41, 5.74) is 0.568. The first-order chi connectivity index (χ1) is 8.44. The highest BCUT2D eigenvalue weighted by Crippen LogP contribution is 2.25. The summed E-state index contributed by atoms with van der Waals surface area (Å²) in [4.78, 5) is 3.92. The van der Waals surface area contributed by atoms with Crippen LogP contribution >= 0.6 is 0 Å². The minimum Gasteiger partial charge on any atom is -0.469 e. The van der Waals surface area contributed by atoms with Crippen LogP contribution in [0.5, 0.6) is 0 Å². The zero-order valence-corrected chi connectivity index (χ0v) is 11.3. The molecule has 2 rings (SSSR count). The van der Waals surface area contributed by atoms with Crippen molar-refractivity contribution in [3.05, 3.63) is 42.4 Å². The average molecular weight is 269 g/mol. The largest absolute Gasteiger partial charge is 0.469 e. The van der Waals surface area contributed by atoms with Crippen LogP contribution in [0.4, 0.5) is 0 Å². The van der Waals surface area contributed by atoms with Crippen molar-refractivity contribution in [3.8, 4) is 0 Å². The van der Waals surface area contributed by atoms with E-state index in [2.05, 4.69) is 4.98 Å². The third kappa shape index (κ3) is 2.06. The maximum Gasteiger partial charge on any atom is 0.308 e. The van der Waals surface area contributed by atoms with Gasteiger partial charge in [0.25, 0.3) is 0 Å². The van der Waals surface area contributed by atoms with E-state index in [-0.39, 0.29) is 5.92 Å². The molecule has 2 aromatic heterocycles. The molecule has 2 heterocycles. The fraction of sp³-hybridized carbons (Fsp3) is 0.364. The lowest BCUT2D eigenvalue weighted by atomic mass is 10.1. The number of hydrogen-bond donors (Lipinski definition) is 0. The second-order valence-corrected chi connectivity index (χ2v) is 6.16. The molecule has 6 nitrogen and oxygen atoms in total. The Morgan fingerprint density at radius 2 is 2.17 bits per heavy atom. The standard InChI is InChI=1S/C11H15N3O3S/c1-9(11-5-4-6-17-11)10-7-12-8-14(10)18(15,16)13(2)3/h4-9H,1-3H3. The molecule has 1 unspecified atom stereocenters. The molecule has 7 heteroatoms. The van der Waals surface area contributed by atoms with Crippen LogP contribution in [0, 0.1) is 0 Å². The van der Waals surface area contributed by atoms with Gasteiger partial charge in [-0.05, 0) is 19.1 Å². The van der Waals surface area contributed by atoms with E-state index >= 15 is 0 Å². The van der Waals surface area contributed by atoms with Crippen LogP contribution in [0.15, 0.2) is 35.3 Å². The molecule has 0 saturated carbocycles. The minimum absolute atomic E-state index is 0.183. The lowest BCUT2D eigenvalue weighted by molar-refractivity contribution is 0.485. The summed E-state index contributed by atoms with van der Waals surface area (Å²) in [5, 5.41) is 0. The van der Waals surface area contributed by atoms with Crippen LogP contribution in [0.1, 0.15) is 24.3 Å². The molecule has 0 saturated heterocycles. The molecule has 0 bridgehead atoms. The van der Waals surface area contributed by atoms with Gasteiger partial charge in [-0.3, -0.25) is 0 Å². The minimum atomic E-state index is -3.55. The van der Waals surface area contributed by atoms with Crippen LogP contribution < -0.4 is 0 Å². The first-order valence-corrected chi connectivity index (χ1v) is 6.83. The summed E-state index contributed by atoms with van der Waals surface area (Å²) in [6, 6.07) is 3.58. The van der Waals surface area contributed by atoms with E-state index in [0.29, 0.717) is 11.5 Å². The van der Waals surface area contributed by atoms with Crippen LogP contribution in [0.25, 0.3) is 0 Å². The molecule has 98 valence electrons. The Morgan fingerprint density at radius 1 is 1.44 bits per heavy atom. The second kappa shape index (κ2) is 4.58. The molecular formula is C11H15N3O3S. The molecule has 0 fully saturated rings. The zero-order chi connectivity index (χ0) is 13.3. The van der Waals surface area contributed by atoms with Crippen molar-refractivity contribution in [3.63, 3.8) is 0 Å². The monoisotopic (exact) mass is 269 g/mol. The second-order valence-electron chi connectivity index (χ2n) is 4.14. The van der Waals surface area contributed by atoms with Crippen molar-refractivity contribution in [1.29, 1.82) is 0 Å². The Balaban J connectivity index is 2.46. The van der Waals surface area contributed by atoms with Crippen molar-refractivity contribution < 1.29 is 12.8 Å². The number of furan rings is 1. The molecule has 0 aliphatic rings. The summed E-state index contributed by atoms with van der Waals surface area (Å²) in [6.45, 7) is 1.87. The van der Waals surface area contributed by atoms with Gasteiger partial charge in [-0.15, -0.1) is 0 Å². The summed E-state index contributed by atoms with van der Waals surface area (Å²) >= 11 is 0. The topological polar surface area (TPSA) is 68.3 Å². The van der Waals surface area contributed by atoms with Gasteiger partial charge < -0.3 is 4.42 Å². The van der Waals surface area contributed by atoms with Gasteiger partial charge in [0, 0.05) is 14.1 Å². The molecule has 0 aromatic carbocycles. The summed E-state index contributed by atoms with van der Waals surface area (Å²) in [6.07, 6.45) is 4.39.